The Balaban J connectivity index is 2.32. The molecule has 1 atom stereocenters. The normalized spacial score (nSPS) is 17.9. The molecule has 1 saturated heterocycles. The molecule has 0 radical (unpaired) electrons. The molecule has 5 nitrogen and oxygen atoms in total. The minimum Gasteiger partial charge on any atom is -0.350 e. The highest BCUT2D eigenvalue weighted by Crippen LogP contribution is 2.29. The fraction of sp³-hybridized carbons (Fsp3) is 0.400. The van der Waals surface area contributed by atoms with Crippen LogP contribution in [0.1, 0.15) is 32.3 Å². The lowest BCUT2D eigenvalue weighted by Gasteiger charge is -2.19. The summed E-state index contributed by atoms with van der Waals surface area (Å²) in [6.07, 6.45) is 1.27. The summed E-state index contributed by atoms with van der Waals surface area (Å²) in [6, 6.07) is 5.14. The second-order valence-corrected chi connectivity index (χ2v) is 5.48. The zero-order valence-corrected chi connectivity index (χ0v) is 13.2. The van der Waals surface area contributed by atoms with Crippen LogP contribution in [-0.2, 0) is 9.59 Å². The third-order valence-electron chi connectivity index (χ3n) is 3.43. The Kier molecular flexibility index (Phi) is 4.57. The third-order valence-corrected chi connectivity index (χ3v) is 3.73. The largest absolute Gasteiger partial charge is 0.350 e. The van der Waals surface area contributed by atoms with E-state index in [1.807, 2.05) is 32.0 Å². The molecule has 0 aromatic heterocycles. The van der Waals surface area contributed by atoms with Gasteiger partial charge in [-0.3, -0.25) is 14.5 Å². The number of hydrogen-bond donors (Lipinski definition) is 2. The molecule has 2 N–H and O–H groups in total. The van der Waals surface area contributed by atoms with Gasteiger partial charge in [-0.25, -0.2) is 0 Å². The van der Waals surface area contributed by atoms with Crippen molar-refractivity contribution in [1.82, 2.24) is 5.32 Å². The van der Waals surface area contributed by atoms with Gasteiger partial charge in [-0.15, -0.1) is 0 Å². The van der Waals surface area contributed by atoms with E-state index in [0.717, 1.165) is 12.0 Å². The first kappa shape index (κ1) is 15.4. The van der Waals surface area contributed by atoms with Gasteiger partial charge in [0.15, 0.2) is 5.11 Å². The van der Waals surface area contributed by atoms with Crippen molar-refractivity contribution in [2.24, 2.45) is 0 Å². The molecule has 1 aromatic rings. The van der Waals surface area contributed by atoms with E-state index in [4.69, 9.17) is 12.2 Å². The first-order valence-electron chi connectivity index (χ1n) is 6.99. The van der Waals surface area contributed by atoms with Crippen LogP contribution in [0.2, 0.25) is 0 Å². The van der Waals surface area contributed by atoms with Gasteiger partial charge in [-0.05, 0) is 50.2 Å². The zero-order chi connectivity index (χ0) is 15.6. The Hall–Kier alpha value is -1.95. The SMILES string of the molecule is CCCC(=O)Nc1cccc(N2C(=O)C(C)NC2=S)c1C. The number of rotatable bonds is 4. The summed E-state index contributed by atoms with van der Waals surface area (Å²) in [4.78, 5) is 25.4. The first-order chi connectivity index (χ1) is 9.95. The zero-order valence-electron chi connectivity index (χ0n) is 12.4. The average Bonchev–Trinajstić information content (AvgIpc) is 2.67. The van der Waals surface area contributed by atoms with Crippen molar-refractivity contribution in [1.29, 1.82) is 0 Å². The molecule has 1 heterocycles. The van der Waals surface area contributed by atoms with Gasteiger partial charge >= 0.3 is 0 Å². The van der Waals surface area contributed by atoms with E-state index in [-0.39, 0.29) is 17.9 Å². The highest BCUT2D eigenvalue weighted by Gasteiger charge is 2.34. The van der Waals surface area contributed by atoms with E-state index < -0.39 is 0 Å². The molecule has 1 aromatic carbocycles. The van der Waals surface area contributed by atoms with Crippen LogP contribution < -0.4 is 15.5 Å². The van der Waals surface area contributed by atoms with Crippen LogP contribution in [0.25, 0.3) is 0 Å². The van der Waals surface area contributed by atoms with Crippen molar-refractivity contribution >= 4 is 40.5 Å². The maximum absolute atomic E-state index is 12.2. The van der Waals surface area contributed by atoms with Crippen molar-refractivity contribution < 1.29 is 9.59 Å². The minimum absolute atomic E-state index is 0.0282. The predicted octanol–water partition coefficient (Wildman–Crippen LogP) is 2.34. The van der Waals surface area contributed by atoms with Gasteiger partial charge in [-0.2, -0.15) is 0 Å². The summed E-state index contributed by atoms with van der Waals surface area (Å²) < 4.78 is 0. The molecular weight excluding hydrogens is 286 g/mol. The fourth-order valence-electron chi connectivity index (χ4n) is 2.27. The quantitative estimate of drug-likeness (QED) is 0.838. The number of nitrogens with one attached hydrogen (secondary N) is 2. The van der Waals surface area contributed by atoms with Crippen LogP contribution in [0.15, 0.2) is 18.2 Å². The lowest BCUT2D eigenvalue weighted by molar-refractivity contribution is -0.118. The minimum atomic E-state index is -0.324. The molecule has 6 heteroatoms. The van der Waals surface area contributed by atoms with Gasteiger partial charge in [0.2, 0.25) is 5.91 Å². The summed E-state index contributed by atoms with van der Waals surface area (Å²) in [5, 5.41) is 6.21. The number of hydrogen-bond acceptors (Lipinski definition) is 3. The van der Waals surface area contributed by atoms with Gasteiger partial charge in [0.1, 0.15) is 6.04 Å². The number of nitrogens with zero attached hydrogens (tertiary/aromatic N) is 1. The molecule has 1 aliphatic heterocycles. The Morgan fingerprint density at radius 3 is 2.76 bits per heavy atom. The molecule has 2 amide bonds. The third kappa shape index (κ3) is 3.05. The van der Waals surface area contributed by atoms with Crippen LogP contribution in [0, 0.1) is 6.92 Å². The second-order valence-electron chi connectivity index (χ2n) is 5.09. The number of amides is 2. The standard InChI is InChI=1S/C15H19N3O2S/c1-4-6-13(19)17-11-7-5-8-12(9(11)2)18-14(20)10(3)16-15(18)21/h5,7-8,10H,4,6H2,1-3H3,(H,16,21)(H,17,19). The van der Waals surface area contributed by atoms with Crippen molar-refractivity contribution in [2.75, 3.05) is 10.2 Å². The molecule has 1 aliphatic rings. The van der Waals surface area contributed by atoms with E-state index >= 15 is 0 Å². The number of benzene rings is 1. The second kappa shape index (κ2) is 6.22. The monoisotopic (exact) mass is 305 g/mol. The van der Waals surface area contributed by atoms with Crippen molar-refractivity contribution in [3.05, 3.63) is 23.8 Å². The summed E-state index contributed by atoms with van der Waals surface area (Å²) in [5.74, 6) is -0.111. The number of anilines is 2. The number of thiocarbonyl (C=S) groups is 1. The lowest BCUT2D eigenvalue weighted by atomic mass is 10.1. The van der Waals surface area contributed by atoms with Gasteiger partial charge < -0.3 is 10.6 Å². The van der Waals surface area contributed by atoms with Gasteiger partial charge in [0.25, 0.3) is 5.91 Å². The molecule has 112 valence electrons. The Morgan fingerprint density at radius 2 is 2.19 bits per heavy atom. The molecule has 0 saturated carbocycles. The molecule has 0 bridgehead atoms. The van der Waals surface area contributed by atoms with Gasteiger partial charge in [0.05, 0.1) is 5.69 Å². The van der Waals surface area contributed by atoms with E-state index in [1.165, 1.54) is 4.90 Å². The van der Waals surface area contributed by atoms with E-state index in [1.54, 1.807) is 6.92 Å². The number of carbonyl (C=O) groups is 2. The maximum Gasteiger partial charge on any atom is 0.255 e. The smallest absolute Gasteiger partial charge is 0.255 e. The molecule has 21 heavy (non-hydrogen) atoms. The summed E-state index contributed by atoms with van der Waals surface area (Å²) in [5.41, 5.74) is 2.24. The summed E-state index contributed by atoms with van der Waals surface area (Å²) in [6.45, 7) is 5.60. The molecule has 1 unspecified atom stereocenters. The average molecular weight is 305 g/mol. The summed E-state index contributed by atoms with van der Waals surface area (Å²) >= 11 is 5.22. The number of carbonyl (C=O) groups excluding carboxylic acids is 2. The van der Waals surface area contributed by atoms with Crippen LogP contribution >= 0.6 is 12.2 Å². The Bertz CT molecular complexity index is 601. The van der Waals surface area contributed by atoms with Crippen molar-refractivity contribution in [3.8, 4) is 0 Å². The van der Waals surface area contributed by atoms with Crippen LogP contribution in [-0.4, -0.2) is 23.0 Å². The van der Waals surface area contributed by atoms with Gasteiger partial charge in [0, 0.05) is 12.1 Å². The van der Waals surface area contributed by atoms with Crippen LogP contribution in [0.4, 0.5) is 11.4 Å². The highest BCUT2D eigenvalue weighted by atomic mass is 32.1. The van der Waals surface area contributed by atoms with Crippen molar-refractivity contribution in [2.45, 2.75) is 39.7 Å². The molecule has 2 rings (SSSR count). The van der Waals surface area contributed by atoms with E-state index in [9.17, 15) is 9.59 Å². The topological polar surface area (TPSA) is 61.4 Å². The van der Waals surface area contributed by atoms with Crippen LogP contribution in [0.3, 0.4) is 0 Å². The maximum atomic E-state index is 12.2. The highest BCUT2D eigenvalue weighted by molar-refractivity contribution is 7.80. The summed E-state index contributed by atoms with van der Waals surface area (Å²) in [7, 11) is 0. The fourth-order valence-corrected chi connectivity index (χ4v) is 2.64. The van der Waals surface area contributed by atoms with Crippen molar-refractivity contribution in [3.63, 3.8) is 0 Å². The van der Waals surface area contributed by atoms with Gasteiger partial charge in [-0.1, -0.05) is 13.0 Å². The molecular formula is C15H19N3O2S. The predicted molar refractivity (Wildman–Crippen MR) is 87.4 cm³/mol. The molecule has 1 fully saturated rings. The Labute approximate surface area is 129 Å². The lowest BCUT2D eigenvalue weighted by Crippen LogP contribution is -2.31. The van der Waals surface area contributed by atoms with E-state index in [2.05, 4.69) is 10.6 Å². The van der Waals surface area contributed by atoms with E-state index in [0.29, 0.717) is 22.9 Å². The van der Waals surface area contributed by atoms with Crippen LogP contribution in [0.5, 0.6) is 0 Å². The first-order valence-corrected chi connectivity index (χ1v) is 7.40. The molecule has 0 spiro atoms. The molecule has 0 aliphatic carbocycles. The Morgan fingerprint density at radius 1 is 1.48 bits per heavy atom.